The SMILES string of the molecule is O=C(Nc1ccc2c(c1)OCCO2)c1ccc(NC2CC2)cn1. The summed E-state index contributed by atoms with van der Waals surface area (Å²) < 4.78 is 11.0. The van der Waals surface area contributed by atoms with Gasteiger partial charge in [0.2, 0.25) is 0 Å². The second kappa shape index (κ2) is 5.79. The summed E-state index contributed by atoms with van der Waals surface area (Å²) in [6, 6.07) is 9.50. The van der Waals surface area contributed by atoms with Crippen LogP contribution in [-0.2, 0) is 0 Å². The number of pyridine rings is 1. The molecule has 0 atom stereocenters. The minimum Gasteiger partial charge on any atom is -0.486 e. The van der Waals surface area contributed by atoms with Crippen molar-refractivity contribution in [2.24, 2.45) is 0 Å². The summed E-state index contributed by atoms with van der Waals surface area (Å²) >= 11 is 0. The minimum absolute atomic E-state index is 0.250. The minimum atomic E-state index is -0.250. The van der Waals surface area contributed by atoms with Crippen LogP contribution in [0.3, 0.4) is 0 Å². The van der Waals surface area contributed by atoms with Crippen LogP contribution in [0.15, 0.2) is 36.5 Å². The third-order valence-electron chi connectivity index (χ3n) is 3.74. The van der Waals surface area contributed by atoms with Gasteiger partial charge in [-0.05, 0) is 37.1 Å². The van der Waals surface area contributed by atoms with E-state index < -0.39 is 0 Å². The molecule has 2 heterocycles. The third kappa shape index (κ3) is 3.21. The summed E-state index contributed by atoms with van der Waals surface area (Å²) in [7, 11) is 0. The quantitative estimate of drug-likeness (QED) is 0.908. The zero-order chi connectivity index (χ0) is 15.6. The van der Waals surface area contributed by atoms with Crippen LogP contribution in [0, 0.1) is 0 Å². The van der Waals surface area contributed by atoms with Gasteiger partial charge in [0.1, 0.15) is 18.9 Å². The van der Waals surface area contributed by atoms with Crippen LogP contribution < -0.4 is 20.1 Å². The van der Waals surface area contributed by atoms with Crippen molar-refractivity contribution in [3.8, 4) is 11.5 Å². The first-order chi connectivity index (χ1) is 11.3. The van der Waals surface area contributed by atoms with Crippen LogP contribution in [0.2, 0.25) is 0 Å². The second-order valence-corrected chi connectivity index (χ2v) is 5.66. The lowest BCUT2D eigenvalue weighted by molar-refractivity contribution is 0.102. The fraction of sp³-hybridized carbons (Fsp3) is 0.294. The Hall–Kier alpha value is -2.76. The van der Waals surface area contributed by atoms with Crippen LogP contribution in [0.5, 0.6) is 11.5 Å². The largest absolute Gasteiger partial charge is 0.486 e. The maximum absolute atomic E-state index is 12.3. The van der Waals surface area contributed by atoms with Crippen molar-refractivity contribution in [3.05, 3.63) is 42.2 Å². The molecular formula is C17H17N3O3. The summed E-state index contributed by atoms with van der Waals surface area (Å²) in [6.07, 6.45) is 4.09. The molecule has 1 aliphatic carbocycles. The molecule has 2 N–H and O–H groups in total. The molecule has 1 fully saturated rings. The maximum atomic E-state index is 12.3. The molecule has 2 aliphatic rings. The van der Waals surface area contributed by atoms with Gasteiger partial charge in [0.15, 0.2) is 11.5 Å². The Kier molecular flexibility index (Phi) is 3.49. The highest BCUT2D eigenvalue weighted by Gasteiger charge is 2.21. The molecule has 0 radical (unpaired) electrons. The number of carbonyl (C=O) groups excluding carboxylic acids is 1. The topological polar surface area (TPSA) is 72.5 Å². The molecule has 4 rings (SSSR count). The smallest absolute Gasteiger partial charge is 0.274 e. The number of benzene rings is 1. The van der Waals surface area contributed by atoms with Crippen LogP contribution in [0.1, 0.15) is 23.3 Å². The van der Waals surface area contributed by atoms with Gasteiger partial charge >= 0.3 is 0 Å². The maximum Gasteiger partial charge on any atom is 0.274 e. The first-order valence-electron chi connectivity index (χ1n) is 7.71. The molecular weight excluding hydrogens is 294 g/mol. The molecule has 0 bridgehead atoms. The van der Waals surface area contributed by atoms with Gasteiger partial charge in [-0.25, -0.2) is 4.98 Å². The number of nitrogens with zero attached hydrogens (tertiary/aromatic N) is 1. The lowest BCUT2D eigenvalue weighted by Crippen LogP contribution is -2.17. The molecule has 1 saturated carbocycles. The molecule has 23 heavy (non-hydrogen) atoms. The Labute approximate surface area is 133 Å². The fourth-order valence-corrected chi connectivity index (χ4v) is 2.39. The molecule has 1 aromatic heterocycles. The highest BCUT2D eigenvalue weighted by molar-refractivity contribution is 6.03. The van der Waals surface area contributed by atoms with E-state index in [1.165, 1.54) is 12.8 Å². The van der Waals surface area contributed by atoms with Crippen LogP contribution in [0.25, 0.3) is 0 Å². The molecule has 0 unspecified atom stereocenters. The average molecular weight is 311 g/mol. The number of carbonyl (C=O) groups is 1. The van der Waals surface area contributed by atoms with Gasteiger partial charge < -0.3 is 20.1 Å². The van der Waals surface area contributed by atoms with E-state index in [1.807, 2.05) is 6.07 Å². The van der Waals surface area contributed by atoms with E-state index in [0.717, 1.165) is 5.69 Å². The summed E-state index contributed by atoms with van der Waals surface area (Å²) in [5.41, 5.74) is 1.98. The Morgan fingerprint density at radius 3 is 2.57 bits per heavy atom. The van der Waals surface area contributed by atoms with Gasteiger partial charge in [0.05, 0.1) is 11.9 Å². The van der Waals surface area contributed by atoms with Crippen molar-refractivity contribution in [2.45, 2.75) is 18.9 Å². The molecule has 6 heteroatoms. The van der Waals surface area contributed by atoms with E-state index in [1.54, 1.807) is 30.5 Å². The van der Waals surface area contributed by atoms with Gasteiger partial charge in [-0.2, -0.15) is 0 Å². The van der Waals surface area contributed by atoms with Crippen molar-refractivity contribution >= 4 is 17.3 Å². The number of aromatic nitrogens is 1. The van der Waals surface area contributed by atoms with Crippen LogP contribution >= 0.6 is 0 Å². The second-order valence-electron chi connectivity index (χ2n) is 5.66. The fourth-order valence-electron chi connectivity index (χ4n) is 2.39. The molecule has 6 nitrogen and oxygen atoms in total. The summed E-state index contributed by atoms with van der Waals surface area (Å²) in [5, 5.41) is 6.16. The summed E-state index contributed by atoms with van der Waals surface area (Å²) in [4.78, 5) is 16.5. The molecule has 1 aromatic carbocycles. The number of fused-ring (bicyclic) bond motifs is 1. The summed E-state index contributed by atoms with van der Waals surface area (Å²) in [5.74, 6) is 1.09. The zero-order valence-corrected chi connectivity index (χ0v) is 12.5. The van der Waals surface area contributed by atoms with E-state index in [-0.39, 0.29) is 5.91 Å². The normalized spacial score (nSPS) is 15.8. The lowest BCUT2D eigenvalue weighted by Gasteiger charge is -2.18. The monoisotopic (exact) mass is 311 g/mol. The predicted molar refractivity (Wildman–Crippen MR) is 86.3 cm³/mol. The van der Waals surface area contributed by atoms with E-state index >= 15 is 0 Å². The molecule has 0 spiro atoms. The van der Waals surface area contributed by atoms with E-state index in [0.29, 0.717) is 42.1 Å². The number of amides is 1. The van der Waals surface area contributed by atoms with E-state index in [2.05, 4.69) is 15.6 Å². The number of nitrogens with one attached hydrogen (secondary N) is 2. The number of hydrogen-bond donors (Lipinski definition) is 2. The molecule has 1 aliphatic heterocycles. The van der Waals surface area contributed by atoms with E-state index in [4.69, 9.17) is 9.47 Å². The standard InChI is InChI=1S/C17H17N3O3/c21-17(14-5-3-13(10-18-14)19-11-1-2-11)20-12-4-6-15-16(9-12)23-8-7-22-15/h3-6,9-11,19H,1-2,7-8H2,(H,20,21). The average Bonchev–Trinajstić information content (AvgIpc) is 3.39. The third-order valence-corrected chi connectivity index (χ3v) is 3.74. The van der Waals surface area contributed by atoms with Gasteiger partial charge in [0.25, 0.3) is 5.91 Å². The summed E-state index contributed by atoms with van der Waals surface area (Å²) in [6.45, 7) is 1.06. The number of anilines is 2. The van der Waals surface area contributed by atoms with Crippen molar-refractivity contribution in [1.82, 2.24) is 4.98 Å². The first kappa shape index (κ1) is 13.9. The van der Waals surface area contributed by atoms with Crippen molar-refractivity contribution in [1.29, 1.82) is 0 Å². The van der Waals surface area contributed by atoms with Crippen LogP contribution in [-0.4, -0.2) is 30.1 Å². The first-order valence-corrected chi connectivity index (χ1v) is 7.71. The Morgan fingerprint density at radius 1 is 1.04 bits per heavy atom. The number of ether oxygens (including phenoxy) is 2. The lowest BCUT2D eigenvalue weighted by atomic mass is 10.2. The Morgan fingerprint density at radius 2 is 1.83 bits per heavy atom. The van der Waals surface area contributed by atoms with Crippen molar-refractivity contribution in [3.63, 3.8) is 0 Å². The molecule has 118 valence electrons. The highest BCUT2D eigenvalue weighted by atomic mass is 16.6. The number of hydrogen-bond acceptors (Lipinski definition) is 5. The van der Waals surface area contributed by atoms with E-state index in [9.17, 15) is 4.79 Å². The van der Waals surface area contributed by atoms with Gasteiger partial charge in [-0.3, -0.25) is 4.79 Å². The number of rotatable bonds is 4. The molecule has 2 aromatic rings. The van der Waals surface area contributed by atoms with Crippen molar-refractivity contribution < 1.29 is 14.3 Å². The van der Waals surface area contributed by atoms with Crippen molar-refractivity contribution in [2.75, 3.05) is 23.8 Å². The Bertz CT molecular complexity index is 726. The van der Waals surface area contributed by atoms with Gasteiger partial charge in [-0.15, -0.1) is 0 Å². The Balaban J connectivity index is 1.44. The van der Waals surface area contributed by atoms with Gasteiger partial charge in [0, 0.05) is 17.8 Å². The molecule has 1 amide bonds. The highest BCUT2D eigenvalue weighted by Crippen LogP contribution is 2.32. The van der Waals surface area contributed by atoms with Crippen LogP contribution in [0.4, 0.5) is 11.4 Å². The predicted octanol–water partition coefficient (Wildman–Crippen LogP) is 2.68. The molecule has 0 saturated heterocycles. The van der Waals surface area contributed by atoms with Gasteiger partial charge in [-0.1, -0.05) is 0 Å². The zero-order valence-electron chi connectivity index (χ0n) is 12.5.